The van der Waals surface area contributed by atoms with Crippen LogP contribution in [0.1, 0.15) is 16.7 Å². The van der Waals surface area contributed by atoms with Crippen molar-refractivity contribution in [1.29, 1.82) is 0 Å². The monoisotopic (exact) mass is 314 g/mol. The maximum Gasteiger partial charge on any atom is 0.272 e. The summed E-state index contributed by atoms with van der Waals surface area (Å²) in [6.07, 6.45) is 1.74. The van der Waals surface area contributed by atoms with Gasteiger partial charge in [-0.15, -0.1) is 6.58 Å². The molecule has 0 saturated heterocycles. The van der Waals surface area contributed by atoms with Crippen molar-refractivity contribution in [3.63, 3.8) is 0 Å². The third-order valence-electron chi connectivity index (χ3n) is 3.75. The van der Waals surface area contributed by atoms with Crippen molar-refractivity contribution in [2.75, 3.05) is 6.54 Å². The Kier molecular flexibility index (Phi) is 5.60. The molecule has 0 N–H and O–H groups in total. The summed E-state index contributed by atoms with van der Waals surface area (Å²) in [5.74, 6) is -0.252. The predicted molar refractivity (Wildman–Crippen MR) is 88.5 cm³/mol. The summed E-state index contributed by atoms with van der Waals surface area (Å²) in [7, 11) is 0. The molecule has 0 aliphatic heterocycles. The van der Waals surface area contributed by atoms with Crippen LogP contribution in [0.2, 0.25) is 0 Å². The molecule has 0 unspecified atom stereocenters. The topological polar surface area (TPSA) is 46.4 Å². The zero-order valence-electron chi connectivity index (χ0n) is 13.0. The van der Waals surface area contributed by atoms with Gasteiger partial charge >= 0.3 is 0 Å². The highest BCUT2D eigenvalue weighted by Crippen LogP contribution is 2.23. The molecule has 2 rings (SSSR count). The van der Waals surface area contributed by atoms with Crippen LogP contribution in [0.4, 0.5) is 10.1 Å². The van der Waals surface area contributed by atoms with Crippen molar-refractivity contribution in [2.24, 2.45) is 0 Å². The van der Waals surface area contributed by atoms with Crippen LogP contribution in [0.25, 0.3) is 0 Å². The number of nitro groups is 1. The molecule has 0 atom stereocenters. The van der Waals surface area contributed by atoms with Crippen molar-refractivity contribution < 1.29 is 9.31 Å². The van der Waals surface area contributed by atoms with E-state index in [0.29, 0.717) is 30.8 Å². The summed E-state index contributed by atoms with van der Waals surface area (Å²) < 4.78 is 13.8. The predicted octanol–water partition coefficient (Wildman–Crippen LogP) is 4.23. The van der Waals surface area contributed by atoms with Gasteiger partial charge in [-0.2, -0.15) is 0 Å². The van der Waals surface area contributed by atoms with Crippen LogP contribution in [-0.4, -0.2) is 16.4 Å². The summed E-state index contributed by atoms with van der Waals surface area (Å²) in [5.41, 5.74) is 2.20. The highest BCUT2D eigenvalue weighted by atomic mass is 19.1. The first kappa shape index (κ1) is 16.8. The number of nitrogens with zero attached hydrogens (tertiary/aromatic N) is 2. The van der Waals surface area contributed by atoms with Gasteiger partial charge < -0.3 is 0 Å². The minimum Gasteiger partial charge on any atom is -0.291 e. The van der Waals surface area contributed by atoms with E-state index in [-0.39, 0.29) is 16.4 Å². The van der Waals surface area contributed by atoms with E-state index in [9.17, 15) is 14.5 Å². The Labute approximate surface area is 135 Å². The average Bonchev–Trinajstić information content (AvgIpc) is 2.51. The second-order valence-electron chi connectivity index (χ2n) is 5.37. The molecule has 0 bridgehead atoms. The summed E-state index contributed by atoms with van der Waals surface area (Å²) >= 11 is 0. The molecular weight excluding hydrogens is 295 g/mol. The third-order valence-corrected chi connectivity index (χ3v) is 3.75. The van der Waals surface area contributed by atoms with E-state index in [1.54, 1.807) is 37.3 Å². The molecule has 2 aromatic rings. The molecule has 23 heavy (non-hydrogen) atoms. The van der Waals surface area contributed by atoms with E-state index in [4.69, 9.17) is 0 Å². The van der Waals surface area contributed by atoms with E-state index in [1.807, 2.05) is 11.0 Å². The highest BCUT2D eigenvalue weighted by Gasteiger charge is 2.16. The second kappa shape index (κ2) is 7.65. The van der Waals surface area contributed by atoms with Crippen LogP contribution in [0.15, 0.2) is 55.1 Å². The Morgan fingerprint density at radius 2 is 1.83 bits per heavy atom. The molecule has 120 valence electrons. The van der Waals surface area contributed by atoms with Gasteiger partial charge in [0.25, 0.3) is 5.69 Å². The Hall–Kier alpha value is -2.53. The normalized spacial score (nSPS) is 10.7. The second-order valence-corrected chi connectivity index (χ2v) is 5.37. The summed E-state index contributed by atoms with van der Waals surface area (Å²) in [4.78, 5) is 12.7. The fourth-order valence-corrected chi connectivity index (χ4v) is 2.51. The van der Waals surface area contributed by atoms with Gasteiger partial charge in [0.05, 0.1) is 4.92 Å². The first-order chi connectivity index (χ1) is 11.0. The number of benzene rings is 2. The van der Waals surface area contributed by atoms with Crippen molar-refractivity contribution in [3.8, 4) is 0 Å². The standard InChI is InChI=1S/C18H19FN2O2/c1-3-11-20(13-16-7-4-5-9-17(16)19)12-15-8-6-10-18(14(15)2)21(22)23/h3-10H,1,11-13H2,2H3. The average molecular weight is 314 g/mol. The quantitative estimate of drug-likeness (QED) is 0.436. The molecule has 0 heterocycles. The molecule has 0 amide bonds. The molecule has 0 spiro atoms. The Morgan fingerprint density at radius 3 is 2.48 bits per heavy atom. The lowest BCUT2D eigenvalue weighted by Crippen LogP contribution is -2.24. The van der Waals surface area contributed by atoms with Crippen molar-refractivity contribution in [2.45, 2.75) is 20.0 Å². The number of rotatable bonds is 7. The largest absolute Gasteiger partial charge is 0.291 e. The zero-order chi connectivity index (χ0) is 16.8. The van der Waals surface area contributed by atoms with Gasteiger partial charge in [0.15, 0.2) is 0 Å². The van der Waals surface area contributed by atoms with Gasteiger partial charge in [-0.1, -0.05) is 36.4 Å². The number of hydrogen-bond donors (Lipinski definition) is 0. The van der Waals surface area contributed by atoms with E-state index >= 15 is 0 Å². The summed E-state index contributed by atoms with van der Waals surface area (Å²) in [6, 6.07) is 11.7. The molecular formula is C18H19FN2O2. The van der Waals surface area contributed by atoms with Gasteiger partial charge in [0.2, 0.25) is 0 Å². The van der Waals surface area contributed by atoms with E-state index < -0.39 is 0 Å². The maximum absolute atomic E-state index is 13.8. The van der Waals surface area contributed by atoms with Crippen molar-refractivity contribution in [3.05, 3.63) is 87.7 Å². The van der Waals surface area contributed by atoms with E-state index in [0.717, 1.165) is 5.56 Å². The minimum atomic E-state index is -0.381. The zero-order valence-corrected chi connectivity index (χ0v) is 13.0. The van der Waals surface area contributed by atoms with Crippen LogP contribution in [0, 0.1) is 22.9 Å². The van der Waals surface area contributed by atoms with Crippen LogP contribution in [-0.2, 0) is 13.1 Å². The molecule has 2 aromatic carbocycles. The Morgan fingerprint density at radius 1 is 1.17 bits per heavy atom. The van der Waals surface area contributed by atoms with Crippen LogP contribution in [0.5, 0.6) is 0 Å². The van der Waals surface area contributed by atoms with E-state index in [1.165, 1.54) is 12.1 Å². The number of nitro benzene ring substituents is 1. The van der Waals surface area contributed by atoms with Gasteiger partial charge in [-0.25, -0.2) is 4.39 Å². The third kappa shape index (κ3) is 4.23. The lowest BCUT2D eigenvalue weighted by Gasteiger charge is -2.22. The maximum atomic E-state index is 13.8. The molecule has 0 aliphatic rings. The van der Waals surface area contributed by atoms with E-state index in [2.05, 4.69) is 6.58 Å². The van der Waals surface area contributed by atoms with Crippen LogP contribution < -0.4 is 0 Å². The molecule has 0 saturated carbocycles. The Balaban J connectivity index is 2.23. The smallest absolute Gasteiger partial charge is 0.272 e. The summed E-state index contributed by atoms with van der Waals surface area (Å²) in [5, 5.41) is 11.0. The molecule has 5 heteroatoms. The molecule has 0 radical (unpaired) electrons. The SMILES string of the molecule is C=CCN(Cc1ccccc1F)Cc1cccc([N+](=O)[O-])c1C. The van der Waals surface area contributed by atoms with Gasteiger partial charge in [0.1, 0.15) is 5.82 Å². The first-order valence-corrected chi connectivity index (χ1v) is 7.32. The fraction of sp³-hybridized carbons (Fsp3) is 0.222. The van der Waals surface area contributed by atoms with Crippen molar-refractivity contribution >= 4 is 5.69 Å². The van der Waals surface area contributed by atoms with Crippen LogP contribution in [0.3, 0.4) is 0 Å². The van der Waals surface area contributed by atoms with Crippen LogP contribution >= 0.6 is 0 Å². The lowest BCUT2D eigenvalue weighted by molar-refractivity contribution is -0.385. The number of hydrogen-bond acceptors (Lipinski definition) is 3. The Bertz CT molecular complexity index is 716. The molecule has 4 nitrogen and oxygen atoms in total. The number of halogens is 1. The van der Waals surface area contributed by atoms with Crippen molar-refractivity contribution in [1.82, 2.24) is 4.90 Å². The lowest BCUT2D eigenvalue weighted by atomic mass is 10.1. The van der Waals surface area contributed by atoms with Gasteiger partial charge in [-0.3, -0.25) is 15.0 Å². The highest BCUT2D eigenvalue weighted by molar-refractivity contribution is 5.44. The van der Waals surface area contributed by atoms with Gasteiger partial charge in [-0.05, 0) is 18.6 Å². The first-order valence-electron chi connectivity index (χ1n) is 7.32. The van der Waals surface area contributed by atoms with Gasteiger partial charge in [0, 0.05) is 36.8 Å². The minimum absolute atomic E-state index is 0.104. The molecule has 0 aromatic heterocycles. The summed E-state index contributed by atoms with van der Waals surface area (Å²) in [6.45, 7) is 6.95. The molecule has 0 aliphatic carbocycles. The fourth-order valence-electron chi connectivity index (χ4n) is 2.51. The molecule has 0 fully saturated rings.